The van der Waals surface area contributed by atoms with Gasteiger partial charge in [0.15, 0.2) is 0 Å². The first-order valence-corrected chi connectivity index (χ1v) is 10.3. The number of para-hydroxylation sites is 1. The second kappa shape index (κ2) is 7.32. The molecule has 1 saturated heterocycles. The number of ether oxygens (including phenoxy) is 1. The molecule has 30 heavy (non-hydrogen) atoms. The summed E-state index contributed by atoms with van der Waals surface area (Å²) >= 11 is 0. The highest BCUT2D eigenvalue weighted by Crippen LogP contribution is 2.32. The molecule has 0 bridgehead atoms. The van der Waals surface area contributed by atoms with Crippen LogP contribution >= 0.6 is 0 Å². The predicted molar refractivity (Wildman–Crippen MR) is 107 cm³/mol. The topological polar surface area (TPSA) is 66.9 Å². The molecular formula is C23H21FN2O4. The van der Waals surface area contributed by atoms with E-state index in [0.29, 0.717) is 30.8 Å². The number of hydrogen-bond acceptors (Lipinski definition) is 4. The van der Waals surface area contributed by atoms with E-state index in [2.05, 4.69) is 0 Å². The van der Waals surface area contributed by atoms with E-state index in [0.717, 1.165) is 24.8 Å². The lowest BCUT2D eigenvalue weighted by molar-refractivity contribution is 0.0475. The van der Waals surface area contributed by atoms with E-state index in [1.54, 1.807) is 6.07 Å². The number of hydrogen-bond donors (Lipinski definition) is 0. The molecule has 0 N–H and O–H groups in total. The monoisotopic (exact) mass is 408 g/mol. The largest absolute Gasteiger partial charge is 0.376 e. The van der Waals surface area contributed by atoms with E-state index >= 15 is 0 Å². The summed E-state index contributed by atoms with van der Waals surface area (Å²) in [7, 11) is 0. The smallest absolute Gasteiger partial charge is 0.261 e. The Balaban J connectivity index is 1.44. The first-order chi connectivity index (χ1) is 14.5. The van der Waals surface area contributed by atoms with Crippen LogP contribution in [0.15, 0.2) is 36.4 Å². The fraction of sp³-hybridized carbons (Fsp3) is 0.348. The second-order valence-electron chi connectivity index (χ2n) is 7.92. The number of anilines is 1. The average molecular weight is 408 g/mol. The standard InChI is InChI=1S/C23H21FN2O4/c24-19-7-1-4-14-5-2-10-25(20(14)19)21(27)15-8-9-17-18(12-15)23(29)26(22(17)28)13-16-6-3-11-30-16/h1,4,7-9,12,16H,2-3,5-6,10-11,13H2. The summed E-state index contributed by atoms with van der Waals surface area (Å²) in [5.74, 6) is -1.58. The van der Waals surface area contributed by atoms with Gasteiger partial charge in [-0.1, -0.05) is 12.1 Å². The van der Waals surface area contributed by atoms with Gasteiger partial charge in [-0.3, -0.25) is 19.3 Å². The Bertz CT molecular complexity index is 1060. The minimum atomic E-state index is -0.435. The van der Waals surface area contributed by atoms with Crippen LogP contribution in [0.3, 0.4) is 0 Å². The number of benzene rings is 2. The highest BCUT2D eigenvalue weighted by atomic mass is 19.1. The van der Waals surface area contributed by atoms with Crippen LogP contribution in [0, 0.1) is 5.82 Å². The maximum absolute atomic E-state index is 14.5. The van der Waals surface area contributed by atoms with Crippen molar-refractivity contribution in [3.63, 3.8) is 0 Å². The number of aryl methyl sites for hydroxylation is 1. The number of amides is 3. The molecule has 2 aromatic rings. The van der Waals surface area contributed by atoms with E-state index in [1.807, 2.05) is 6.07 Å². The van der Waals surface area contributed by atoms with E-state index in [1.165, 1.54) is 34.1 Å². The van der Waals surface area contributed by atoms with Crippen LogP contribution in [-0.2, 0) is 11.2 Å². The van der Waals surface area contributed by atoms with Crippen molar-refractivity contribution in [1.29, 1.82) is 0 Å². The Kier molecular flexibility index (Phi) is 4.62. The summed E-state index contributed by atoms with van der Waals surface area (Å²) in [5, 5.41) is 0. The lowest BCUT2D eigenvalue weighted by atomic mass is 9.99. The Labute approximate surface area is 173 Å². The van der Waals surface area contributed by atoms with Gasteiger partial charge in [-0.2, -0.15) is 0 Å². The molecule has 0 aromatic heterocycles. The van der Waals surface area contributed by atoms with Crippen LogP contribution in [0.5, 0.6) is 0 Å². The van der Waals surface area contributed by atoms with Crippen molar-refractivity contribution in [2.75, 3.05) is 24.6 Å². The number of carbonyl (C=O) groups excluding carboxylic acids is 3. The highest BCUT2D eigenvalue weighted by molar-refractivity contribution is 6.22. The SMILES string of the molecule is O=C1c2ccc(C(=O)N3CCCc4cccc(F)c43)cc2C(=O)N1CC1CCCO1. The molecule has 7 heteroatoms. The number of carbonyl (C=O) groups is 3. The molecule has 1 atom stereocenters. The molecule has 0 aliphatic carbocycles. The Morgan fingerprint density at radius 1 is 1.10 bits per heavy atom. The normalized spacial score (nSPS) is 20.5. The van der Waals surface area contributed by atoms with Crippen LogP contribution in [0.4, 0.5) is 10.1 Å². The van der Waals surface area contributed by atoms with Crippen molar-refractivity contribution in [3.05, 3.63) is 64.5 Å². The van der Waals surface area contributed by atoms with Crippen LogP contribution in [0.25, 0.3) is 0 Å². The molecule has 0 spiro atoms. The molecule has 0 saturated carbocycles. The molecule has 3 aliphatic heterocycles. The first-order valence-electron chi connectivity index (χ1n) is 10.3. The summed E-state index contributed by atoms with van der Waals surface area (Å²) in [6.07, 6.45) is 3.05. The molecule has 154 valence electrons. The Morgan fingerprint density at radius 3 is 2.73 bits per heavy atom. The van der Waals surface area contributed by atoms with Crippen LogP contribution in [0.1, 0.15) is 55.9 Å². The first kappa shape index (κ1) is 18.9. The van der Waals surface area contributed by atoms with Gasteiger partial charge in [0.25, 0.3) is 17.7 Å². The van der Waals surface area contributed by atoms with E-state index in [9.17, 15) is 18.8 Å². The van der Waals surface area contributed by atoms with Crippen LogP contribution in [0.2, 0.25) is 0 Å². The van der Waals surface area contributed by atoms with Gasteiger partial charge in [0.1, 0.15) is 5.82 Å². The zero-order valence-corrected chi connectivity index (χ0v) is 16.4. The molecule has 3 amide bonds. The van der Waals surface area contributed by atoms with Gasteiger partial charge in [0.2, 0.25) is 0 Å². The lowest BCUT2D eigenvalue weighted by Gasteiger charge is -2.30. The number of halogens is 1. The molecular weight excluding hydrogens is 387 g/mol. The van der Waals surface area contributed by atoms with Gasteiger partial charge in [-0.25, -0.2) is 4.39 Å². The van der Waals surface area contributed by atoms with Gasteiger partial charge in [-0.05, 0) is 55.5 Å². The summed E-state index contributed by atoms with van der Waals surface area (Å²) in [4.78, 5) is 41.4. The Morgan fingerprint density at radius 2 is 1.93 bits per heavy atom. The number of fused-ring (bicyclic) bond motifs is 2. The van der Waals surface area contributed by atoms with E-state index < -0.39 is 11.7 Å². The molecule has 2 aromatic carbocycles. The van der Waals surface area contributed by atoms with E-state index in [4.69, 9.17) is 4.74 Å². The zero-order chi connectivity index (χ0) is 20.8. The minimum absolute atomic E-state index is 0.138. The van der Waals surface area contributed by atoms with Gasteiger partial charge >= 0.3 is 0 Å². The Hall–Kier alpha value is -3.06. The molecule has 1 unspecified atom stereocenters. The third-order valence-corrected chi connectivity index (χ3v) is 6.04. The van der Waals surface area contributed by atoms with Gasteiger partial charge in [-0.15, -0.1) is 0 Å². The molecule has 3 heterocycles. The fourth-order valence-electron chi connectivity index (χ4n) is 4.54. The number of nitrogens with zero attached hydrogens (tertiary/aromatic N) is 2. The van der Waals surface area contributed by atoms with Crippen molar-refractivity contribution in [1.82, 2.24) is 4.90 Å². The van der Waals surface area contributed by atoms with Crippen LogP contribution in [-0.4, -0.2) is 48.4 Å². The molecule has 1 fully saturated rings. The van der Waals surface area contributed by atoms with Crippen molar-refractivity contribution in [3.8, 4) is 0 Å². The molecule has 0 radical (unpaired) electrons. The quantitative estimate of drug-likeness (QED) is 0.732. The average Bonchev–Trinajstić information content (AvgIpc) is 3.36. The number of rotatable bonds is 3. The van der Waals surface area contributed by atoms with E-state index in [-0.39, 0.29) is 35.6 Å². The molecule has 6 nitrogen and oxygen atoms in total. The predicted octanol–water partition coefficient (Wildman–Crippen LogP) is 3.19. The van der Waals surface area contributed by atoms with Gasteiger partial charge < -0.3 is 9.64 Å². The lowest BCUT2D eigenvalue weighted by Crippen LogP contribution is -2.36. The minimum Gasteiger partial charge on any atom is -0.376 e. The maximum atomic E-state index is 14.5. The maximum Gasteiger partial charge on any atom is 0.261 e. The van der Waals surface area contributed by atoms with Crippen molar-refractivity contribution in [2.24, 2.45) is 0 Å². The number of imide groups is 1. The van der Waals surface area contributed by atoms with Crippen molar-refractivity contribution >= 4 is 23.4 Å². The van der Waals surface area contributed by atoms with Crippen molar-refractivity contribution < 1.29 is 23.5 Å². The fourth-order valence-corrected chi connectivity index (χ4v) is 4.54. The zero-order valence-electron chi connectivity index (χ0n) is 16.4. The third kappa shape index (κ3) is 3.01. The summed E-state index contributed by atoms with van der Waals surface area (Å²) in [6, 6.07) is 9.33. The highest BCUT2D eigenvalue weighted by Gasteiger charge is 2.38. The second-order valence-corrected chi connectivity index (χ2v) is 7.92. The van der Waals surface area contributed by atoms with Gasteiger partial charge in [0.05, 0.1) is 29.5 Å². The van der Waals surface area contributed by atoms with Gasteiger partial charge in [0, 0.05) is 18.7 Å². The summed E-state index contributed by atoms with van der Waals surface area (Å²) in [5.41, 5.74) is 1.88. The van der Waals surface area contributed by atoms with Crippen LogP contribution < -0.4 is 4.90 Å². The molecule has 3 aliphatic rings. The van der Waals surface area contributed by atoms with Crippen molar-refractivity contribution in [2.45, 2.75) is 31.8 Å². The third-order valence-electron chi connectivity index (χ3n) is 6.04. The summed E-state index contributed by atoms with van der Waals surface area (Å²) < 4.78 is 20.0. The summed E-state index contributed by atoms with van der Waals surface area (Å²) in [6.45, 7) is 1.27. The molecule has 5 rings (SSSR count).